The highest BCUT2D eigenvalue weighted by Gasteiger charge is 2.19. The Bertz CT molecular complexity index is 413. The van der Waals surface area contributed by atoms with Crippen LogP contribution in [-0.4, -0.2) is 16.1 Å². The standard InChI is InChI=1S/C9H9ClF2N2O2/c10-5-1-4(2-7(15)16)14-6(3-13)8(5)9(11)12/h1,9H,2-3,13H2,(H,15,16). The highest BCUT2D eigenvalue weighted by molar-refractivity contribution is 6.31. The molecule has 3 N–H and O–H groups in total. The van der Waals surface area contributed by atoms with Crippen LogP contribution in [0.3, 0.4) is 0 Å². The Labute approximate surface area is 95.0 Å². The van der Waals surface area contributed by atoms with Crippen molar-refractivity contribution < 1.29 is 18.7 Å². The van der Waals surface area contributed by atoms with Crippen molar-refractivity contribution in [2.75, 3.05) is 0 Å². The van der Waals surface area contributed by atoms with Gasteiger partial charge in [0.2, 0.25) is 0 Å². The van der Waals surface area contributed by atoms with Gasteiger partial charge in [-0.25, -0.2) is 8.78 Å². The van der Waals surface area contributed by atoms with Crippen LogP contribution in [0.2, 0.25) is 5.02 Å². The molecule has 7 heteroatoms. The summed E-state index contributed by atoms with van der Waals surface area (Å²) in [5.74, 6) is -1.11. The molecule has 0 saturated carbocycles. The Hall–Kier alpha value is -1.27. The Morgan fingerprint density at radius 2 is 2.25 bits per heavy atom. The van der Waals surface area contributed by atoms with Crippen LogP contribution in [0.5, 0.6) is 0 Å². The van der Waals surface area contributed by atoms with Gasteiger partial charge in [0.15, 0.2) is 0 Å². The number of carboxylic acids is 1. The molecule has 0 aromatic carbocycles. The lowest BCUT2D eigenvalue weighted by Gasteiger charge is -2.10. The Kier molecular flexibility index (Phi) is 4.14. The maximum Gasteiger partial charge on any atom is 0.309 e. The minimum Gasteiger partial charge on any atom is -0.481 e. The van der Waals surface area contributed by atoms with Crippen LogP contribution >= 0.6 is 11.6 Å². The summed E-state index contributed by atoms with van der Waals surface area (Å²) in [7, 11) is 0. The minimum atomic E-state index is -2.78. The summed E-state index contributed by atoms with van der Waals surface area (Å²) >= 11 is 5.62. The van der Waals surface area contributed by atoms with Gasteiger partial charge in [-0.05, 0) is 6.07 Å². The number of aliphatic carboxylic acids is 1. The van der Waals surface area contributed by atoms with Crippen molar-refractivity contribution in [1.29, 1.82) is 0 Å². The number of rotatable bonds is 4. The molecule has 0 bridgehead atoms. The number of alkyl halides is 2. The topological polar surface area (TPSA) is 76.2 Å². The summed E-state index contributed by atoms with van der Waals surface area (Å²) in [5, 5.41) is 8.33. The number of carbonyl (C=O) groups is 1. The molecule has 16 heavy (non-hydrogen) atoms. The molecule has 0 amide bonds. The molecule has 0 spiro atoms. The van der Waals surface area contributed by atoms with E-state index in [0.717, 1.165) is 6.07 Å². The smallest absolute Gasteiger partial charge is 0.309 e. The number of nitrogens with zero attached hydrogens (tertiary/aromatic N) is 1. The van der Waals surface area contributed by atoms with Gasteiger partial charge in [-0.1, -0.05) is 11.6 Å². The van der Waals surface area contributed by atoms with Gasteiger partial charge in [0.25, 0.3) is 6.43 Å². The number of nitrogens with two attached hydrogens (primary N) is 1. The zero-order chi connectivity index (χ0) is 12.3. The molecule has 0 aliphatic heterocycles. The van der Waals surface area contributed by atoms with E-state index < -0.39 is 18.0 Å². The molecule has 0 aliphatic carbocycles. The summed E-state index contributed by atoms with van der Waals surface area (Å²) in [6.45, 7) is -0.215. The van der Waals surface area contributed by atoms with Crippen LogP contribution in [0, 0.1) is 0 Å². The SMILES string of the molecule is NCc1nc(CC(=O)O)cc(Cl)c1C(F)F. The van der Waals surface area contributed by atoms with Crippen molar-refractivity contribution in [2.24, 2.45) is 5.73 Å². The number of carboxylic acid groups (broad SMARTS) is 1. The van der Waals surface area contributed by atoms with Gasteiger partial charge in [0, 0.05) is 6.54 Å². The summed E-state index contributed by atoms with van der Waals surface area (Å²) < 4.78 is 25.1. The van der Waals surface area contributed by atoms with Gasteiger partial charge in [0.05, 0.1) is 28.4 Å². The third-order valence-corrected chi connectivity index (χ3v) is 2.20. The lowest BCUT2D eigenvalue weighted by Crippen LogP contribution is -2.10. The van der Waals surface area contributed by atoms with Crippen LogP contribution in [-0.2, 0) is 17.8 Å². The lowest BCUT2D eigenvalue weighted by molar-refractivity contribution is -0.136. The monoisotopic (exact) mass is 250 g/mol. The fraction of sp³-hybridized carbons (Fsp3) is 0.333. The average molecular weight is 251 g/mol. The molecule has 0 radical (unpaired) electrons. The first-order chi connectivity index (χ1) is 7.45. The Morgan fingerprint density at radius 1 is 1.62 bits per heavy atom. The Morgan fingerprint density at radius 3 is 2.69 bits per heavy atom. The number of aromatic nitrogens is 1. The molecule has 1 aromatic rings. The van der Waals surface area contributed by atoms with Crippen molar-refractivity contribution in [1.82, 2.24) is 4.98 Å². The second-order valence-electron chi connectivity index (χ2n) is 3.03. The number of hydrogen-bond acceptors (Lipinski definition) is 3. The van der Waals surface area contributed by atoms with E-state index in [9.17, 15) is 13.6 Å². The zero-order valence-corrected chi connectivity index (χ0v) is 8.84. The molecule has 1 aromatic heterocycles. The fourth-order valence-corrected chi connectivity index (χ4v) is 1.58. The Balaban J connectivity index is 3.20. The van der Waals surface area contributed by atoms with E-state index in [2.05, 4.69) is 4.98 Å². The molecule has 4 nitrogen and oxygen atoms in total. The van der Waals surface area contributed by atoms with Crippen molar-refractivity contribution in [3.8, 4) is 0 Å². The van der Waals surface area contributed by atoms with Gasteiger partial charge in [-0.2, -0.15) is 0 Å². The third kappa shape index (κ3) is 2.86. The number of halogens is 3. The first-order valence-electron chi connectivity index (χ1n) is 4.34. The minimum absolute atomic E-state index is 0.0706. The van der Waals surface area contributed by atoms with Gasteiger partial charge in [-0.3, -0.25) is 9.78 Å². The maximum absolute atomic E-state index is 12.6. The molecule has 1 heterocycles. The van der Waals surface area contributed by atoms with E-state index in [1.807, 2.05) is 0 Å². The molecular weight excluding hydrogens is 242 g/mol. The molecule has 0 fully saturated rings. The quantitative estimate of drug-likeness (QED) is 0.854. The highest BCUT2D eigenvalue weighted by Crippen LogP contribution is 2.29. The van der Waals surface area contributed by atoms with E-state index >= 15 is 0 Å². The van der Waals surface area contributed by atoms with Gasteiger partial charge >= 0.3 is 5.97 Å². The van der Waals surface area contributed by atoms with Crippen LogP contribution in [0.1, 0.15) is 23.4 Å². The zero-order valence-electron chi connectivity index (χ0n) is 8.08. The van der Waals surface area contributed by atoms with Crippen molar-refractivity contribution >= 4 is 17.6 Å². The molecule has 0 atom stereocenters. The summed E-state index contributed by atoms with van der Waals surface area (Å²) in [4.78, 5) is 14.2. The second-order valence-corrected chi connectivity index (χ2v) is 3.44. The fourth-order valence-electron chi connectivity index (χ4n) is 1.26. The van der Waals surface area contributed by atoms with Gasteiger partial charge < -0.3 is 10.8 Å². The number of pyridine rings is 1. The first kappa shape index (κ1) is 12.8. The van der Waals surface area contributed by atoms with Crippen LogP contribution in [0.4, 0.5) is 8.78 Å². The third-order valence-electron chi connectivity index (χ3n) is 1.88. The van der Waals surface area contributed by atoms with E-state index in [1.165, 1.54) is 0 Å². The van der Waals surface area contributed by atoms with Crippen LogP contribution in [0.25, 0.3) is 0 Å². The van der Waals surface area contributed by atoms with E-state index in [4.69, 9.17) is 22.4 Å². The molecular formula is C9H9ClF2N2O2. The largest absolute Gasteiger partial charge is 0.481 e. The molecule has 0 aliphatic rings. The molecule has 0 unspecified atom stereocenters. The summed E-state index contributed by atoms with van der Waals surface area (Å²) in [6.07, 6.45) is -3.16. The first-order valence-corrected chi connectivity index (χ1v) is 4.71. The van der Waals surface area contributed by atoms with E-state index in [1.54, 1.807) is 0 Å². The van der Waals surface area contributed by atoms with Crippen LogP contribution in [0.15, 0.2) is 6.07 Å². The van der Waals surface area contributed by atoms with Crippen LogP contribution < -0.4 is 5.73 Å². The number of hydrogen-bond donors (Lipinski definition) is 2. The van der Waals surface area contributed by atoms with Crippen molar-refractivity contribution in [3.05, 3.63) is 28.0 Å². The normalized spacial score (nSPS) is 10.8. The highest BCUT2D eigenvalue weighted by atomic mass is 35.5. The van der Waals surface area contributed by atoms with Gasteiger partial charge in [0.1, 0.15) is 0 Å². The maximum atomic E-state index is 12.6. The van der Waals surface area contributed by atoms with Gasteiger partial charge in [-0.15, -0.1) is 0 Å². The summed E-state index contributed by atoms with van der Waals surface area (Å²) in [5.41, 5.74) is 4.87. The average Bonchev–Trinajstić information content (AvgIpc) is 2.14. The van der Waals surface area contributed by atoms with Crippen molar-refractivity contribution in [3.63, 3.8) is 0 Å². The lowest BCUT2D eigenvalue weighted by atomic mass is 10.1. The second kappa shape index (κ2) is 5.18. The molecule has 88 valence electrons. The predicted molar refractivity (Wildman–Crippen MR) is 53.4 cm³/mol. The van der Waals surface area contributed by atoms with E-state index in [-0.39, 0.29) is 29.4 Å². The predicted octanol–water partition coefficient (Wildman–Crippen LogP) is 1.76. The van der Waals surface area contributed by atoms with E-state index in [0.29, 0.717) is 0 Å². The molecule has 0 saturated heterocycles. The van der Waals surface area contributed by atoms with Crippen molar-refractivity contribution in [2.45, 2.75) is 19.4 Å². The molecule has 1 rings (SSSR count). The summed E-state index contributed by atoms with van der Waals surface area (Å²) in [6, 6.07) is 1.12.